The lowest BCUT2D eigenvalue weighted by molar-refractivity contribution is -0.116. The molecule has 33 heavy (non-hydrogen) atoms. The van der Waals surface area contributed by atoms with Gasteiger partial charge in [-0.05, 0) is 61.4 Å². The summed E-state index contributed by atoms with van der Waals surface area (Å²) < 4.78 is 1.65. The number of ketones is 1. The predicted molar refractivity (Wildman–Crippen MR) is 134 cm³/mol. The van der Waals surface area contributed by atoms with Crippen LogP contribution in [-0.4, -0.2) is 27.0 Å². The zero-order valence-electron chi connectivity index (χ0n) is 18.3. The second kappa shape index (κ2) is 9.27. The van der Waals surface area contributed by atoms with Crippen LogP contribution in [0.2, 0.25) is 0 Å². The van der Waals surface area contributed by atoms with E-state index < -0.39 is 0 Å². The fourth-order valence-electron chi connectivity index (χ4n) is 4.57. The van der Waals surface area contributed by atoms with Crippen molar-refractivity contribution >= 4 is 50.7 Å². The number of thiophene rings is 1. The summed E-state index contributed by atoms with van der Waals surface area (Å²) in [4.78, 5) is 44.9. The molecule has 0 spiro atoms. The molecule has 8 heteroatoms. The highest BCUT2D eigenvalue weighted by atomic mass is 32.2. The van der Waals surface area contributed by atoms with Gasteiger partial charge in [0.2, 0.25) is 5.91 Å². The average Bonchev–Trinajstić information content (AvgIpc) is 3.00. The van der Waals surface area contributed by atoms with Gasteiger partial charge in [-0.3, -0.25) is 19.0 Å². The molecule has 1 aliphatic carbocycles. The van der Waals surface area contributed by atoms with Gasteiger partial charge in [0.05, 0.1) is 11.1 Å². The number of nitrogens with one attached hydrogen (secondary N) is 1. The number of anilines is 1. The number of fused-ring (bicyclic) bond motifs is 4. The standard InChI is InChI=1S/C25H25N3O3S2/c1-2-12-28-24(31)22-17-6-4-3-5-7-20(17)33-23(22)27-25(28)32-14-19(29)16-8-10-18-15(13-16)9-11-21(30)26-18/h2,8,10,13H,1,3-7,9,11-12,14H2,(H,26,30). The van der Waals surface area contributed by atoms with Gasteiger partial charge in [0.15, 0.2) is 10.9 Å². The van der Waals surface area contributed by atoms with Gasteiger partial charge in [-0.2, -0.15) is 0 Å². The maximum absolute atomic E-state index is 13.4. The Morgan fingerprint density at radius 3 is 2.88 bits per heavy atom. The minimum atomic E-state index is -0.0289. The summed E-state index contributed by atoms with van der Waals surface area (Å²) in [5, 5.41) is 4.15. The summed E-state index contributed by atoms with van der Waals surface area (Å²) in [5.74, 6) is 0.163. The van der Waals surface area contributed by atoms with Crippen LogP contribution in [0.25, 0.3) is 10.2 Å². The molecule has 3 heterocycles. The van der Waals surface area contributed by atoms with Crippen molar-refractivity contribution in [3.63, 3.8) is 0 Å². The molecule has 3 aromatic rings. The Hall–Kier alpha value is -2.71. The van der Waals surface area contributed by atoms with Crippen LogP contribution in [0.3, 0.4) is 0 Å². The Balaban J connectivity index is 1.43. The van der Waals surface area contributed by atoms with E-state index in [0.717, 1.165) is 47.2 Å². The topological polar surface area (TPSA) is 81.1 Å². The molecule has 0 unspecified atom stereocenters. The van der Waals surface area contributed by atoms with Crippen molar-refractivity contribution in [1.82, 2.24) is 9.55 Å². The molecular formula is C25H25N3O3S2. The molecule has 0 saturated carbocycles. The van der Waals surface area contributed by atoms with Crippen molar-refractivity contribution in [2.75, 3.05) is 11.1 Å². The van der Waals surface area contributed by atoms with E-state index in [2.05, 4.69) is 11.9 Å². The largest absolute Gasteiger partial charge is 0.326 e. The maximum Gasteiger partial charge on any atom is 0.263 e. The highest BCUT2D eigenvalue weighted by molar-refractivity contribution is 7.99. The van der Waals surface area contributed by atoms with Crippen LogP contribution in [0.15, 0.2) is 40.8 Å². The minimum absolute atomic E-state index is 0.00432. The fraction of sp³-hybridized carbons (Fsp3) is 0.360. The number of hydrogen-bond donors (Lipinski definition) is 1. The second-order valence-corrected chi connectivity index (χ2v) is 10.5. The van der Waals surface area contributed by atoms with Crippen LogP contribution in [0.4, 0.5) is 5.69 Å². The van der Waals surface area contributed by atoms with Crippen molar-refractivity contribution in [2.45, 2.75) is 56.6 Å². The fourth-order valence-corrected chi connectivity index (χ4v) is 6.77. The van der Waals surface area contributed by atoms with E-state index in [9.17, 15) is 14.4 Å². The van der Waals surface area contributed by atoms with E-state index in [1.54, 1.807) is 34.1 Å². The number of hydrogen-bond acceptors (Lipinski definition) is 6. The Bertz CT molecular complexity index is 1340. The normalized spacial score (nSPS) is 15.5. The SMILES string of the molecule is C=CCn1c(SCC(=O)c2ccc3c(c2)CCC(=O)N3)nc2sc3c(c2c1=O)CCCCC3. The molecule has 0 radical (unpaired) electrons. The third kappa shape index (κ3) is 4.29. The average molecular weight is 480 g/mol. The third-order valence-corrected chi connectivity index (χ3v) is 8.42. The van der Waals surface area contributed by atoms with Gasteiger partial charge >= 0.3 is 0 Å². The first-order valence-electron chi connectivity index (χ1n) is 11.3. The number of carbonyl (C=O) groups is 2. The number of amides is 1. The zero-order valence-corrected chi connectivity index (χ0v) is 19.9. The van der Waals surface area contributed by atoms with Gasteiger partial charge in [0.1, 0.15) is 4.83 Å². The summed E-state index contributed by atoms with van der Waals surface area (Å²) in [6.45, 7) is 4.17. The Morgan fingerprint density at radius 1 is 1.18 bits per heavy atom. The smallest absolute Gasteiger partial charge is 0.263 e. The first-order valence-corrected chi connectivity index (χ1v) is 13.1. The number of benzene rings is 1. The summed E-state index contributed by atoms with van der Waals surface area (Å²) in [6, 6.07) is 5.40. The zero-order chi connectivity index (χ0) is 22.9. The van der Waals surface area contributed by atoms with Gasteiger partial charge in [-0.1, -0.05) is 24.3 Å². The molecule has 0 fully saturated rings. The minimum Gasteiger partial charge on any atom is -0.326 e. The first-order chi connectivity index (χ1) is 16.0. The molecule has 170 valence electrons. The van der Waals surface area contributed by atoms with Crippen molar-refractivity contribution in [3.05, 3.63) is 62.8 Å². The second-order valence-electron chi connectivity index (χ2n) is 8.48. The van der Waals surface area contributed by atoms with E-state index in [4.69, 9.17) is 4.98 Å². The summed E-state index contributed by atoms with van der Waals surface area (Å²) in [7, 11) is 0. The molecule has 2 aromatic heterocycles. The van der Waals surface area contributed by atoms with Crippen LogP contribution in [0.1, 0.15) is 52.0 Å². The van der Waals surface area contributed by atoms with Gasteiger partial charge in [-0.25, -0.2) is 4.98 Å². The molecule has 1 aromatic carbocycles. The number of Topliss-reactive ketones (excluding diaryl/α,β-unsaturated/α-hetero) is 1. The monoisotopic (exact) mass is 479 g/mol. The summed E-state index contributed by atoms with van der Waals surface area (Å²) >= 11 is 2.93. The molecule has 1 N–H and O–H groups in total. The molecule has 0 bridgehead atoms. The lowest BCUT2D eigenvalue weighted by Gasteiger charge is -2.17. The van der Waals surface area contributed by atoms with Crippen molar-refractivity contribution in [1.29, 1.82) is 0 Å². The Kier molecular flexibility index (Phi) is 6.21. The van der Waals surface area contributed by atoms with Gasteiger partial charge in [0, 0.05) is 29.1 Å². The highest BCUT2D eigenvalue weighted by Gasteiger charge is 2.22. The lowest BCUT2D eigenvalue weighted by atomic mass is 9.99. The van der Waals surface area contributed by atoms with Gasteiger partial charge in [0.25, 0.3) is 5.56 Å². The number of thioether (sulfide) groups is 1. The van der Waals surface area contributed by atoms with Gasteiger partial charge in [-0.15, -0.1) is 17.9 Å². The lowest BCUT2D eigenvalue weighted by Crippen LogP contribution is -2.23. The number of aryl methyl sites for hydroxylation is 3. The van der Waals surface area contributed by atoms with Crippen LogP contribution in [0, 0.1) is 0 Å². The van der Waals surface area contributed by atoms with Crippen molar-refractivity contribution in [3.8, 4) is 0 Å². The number of allylic oxidation sites excluding steroid dienone is 1. The van der Waals surface area contributed by atoms with E-state index in [-0.39, 0.29) is 23.0 Å². The molecule has 0 saturated heterocycles. The number of carbonyl (C=O) groups excluding carboxylic acids is 2. The van der Waals surface area contributed by atoms with Crippen LogP contribution in [-0.2, 0) is 30.6 Å². The van der Waals surface area contributed by atoms with Crippen LogP contribution >= 0.6 is 23.1 Å². The van der Waals surface area contributed by atoms with E-state index >= 15 is 0 Å². The first kappa shape index (κ1) is 22.1. The van der Waals surface area contributed by atoms with Crippen LogP contribution in [0.5, 0.6) is 0 Å². The summed E-state index contributed by atoms with van der Waals surface area (Å²) in [6.07, 6.45) is 8.17. The summed E-state index contributed by atoms with van der Waals surface area (Å²) in [5.41, 5.74) is 3.52. The molecule has 2 aliphatic rings. The van der Waals surface area contributed by atoms with E-state index in [1.807, 2.05) is 6.07 Å². The molecule has 0 atom stereocenters. The molecular weight excluding hydrogens is 454 g/mol. The van der Waals surface area contributed by atoms with Gasteiger partial charge < -0.3 is 5.32 Å². The van der Waals surface area contributed by atoms with E-state index in [0.29, 0.717) is 30.1 Å². The Morgan fingerprint density at radius 2 is 2.03 bits per heavy atom. The predicted octanol–water partition coefficient (Wildman–Crippen LogP) is 4.77. The highest BCUT2D eigenvalue weighted by Crippen LogP contribution is 2.34. The van der Waals surface area contributed by atoms with Crippen molar-refractivity contribution < 1.29 is 9.59 Å². The number of nitrogens with zero attached hydrogens (tertiary/aromatic N) is 2. The van der Waals surface area contributed by atoms with E-state index in [1.165, 1.54) is 28.6 Å². The third-order valence-electron chi connectivity index (χ3n) is 6.26. The number of aromatic nitrogens is 2. The quantitative estimate of drug-likeness (QED) is 0.181. The molecule has 1 amide bonds. The maximum atomic E-state index is 13.4. The van der Waals surface area contributed by atoms with Crippen molar-refractivity contribution in [2.24, 2.45) is 0 Å². The number of rotatable bonds is 6. The Labute approximate surface area is 200 Å². The molecule has 6 nitrogen and oxygen atoms in total. The van der Waals surface area contributed by atoms with Crippen LogP contribution < -0.4 is 10.9 Å². The molecule has 1 aliphatic heterocycles. The molecule has 5 rings (SSSR count).